The van der Waals surface area contributed by atoms with Crippen LogP contribution in [-0.2, 0) is 0 Å². The lowest BCUT2D eigenvalue weighted by atomic mass is 10.1. The Morgan fingerprint density at radius 2 is 1.46 bits per heavy atom. The van der Waals surface area contributed by atoms with E-state index in [1.165, 1.54) is 30.9 Å². The van der Waals surface area contributed by atoms with Gasteiger partial charge in [-0.1, -0.05) is 72.8 Å². The standard InChI is InChI=1S/C33H17NO2S/c35-31-24-17-28(36-32(24)23-16-18-8-2-1-3-9-19(18)29(23)31)34-25-12-6-4-11-22(25)30-26(34)15-14-21-20-10-5-7-13-27(20)37-33(21)30/h1-17H. The molecule has 0 atom stereocenters. The van der Waals surface area contributed by atoms with Gasteiger partial charge in [-0.3, -0.25) is 9.36 Å². The Labute approximate surface area is 215 Å². The first-order chi connectivity index (χ1) is 18.3. The molecular formula is C33H17NO2S. The average molecular weight is 492 g/mol. The molecule has 0 unspecified atom stereocenters. The highest BCUT2D eigenvalue weighted by Crippen LogP contribution is 2.48. The molecule has 3 aliphatic rings. The molecule has 3 aromatic carbocycles. The van der Waals surface area contributed by atoms with Gasteiger partial charge in [0.25, 0.3) is 0 Å². The van der Waals surface area contributed by atoms with Gasteiger partial charge in [0.2, 0.25) is 5.88 Å². The summed E-state index contributed by atoms with van der Waals surface area (Å²) in [5.74, 6) is 1.38. The van der Waals surface area contributed by atoms with E-state index in [0.29, 0.717) is 17.2 Å². The lowest BCUT2D eigenvalue weighted by Gasteiger charge is -2.04. The van der Waals surface area contributed by atoms with Crippen LogP contribution in [0.3, 0.4) is 0 Å². The summed E-state index contributed by atoms with van der Waals surface area (Å²) in [6.45, 7) is 0. The number of hydrogen-bond acceptors (Lipinski definition) is 3. The molecule has 3 nitrogen and oxygen atoms in total. The largest absolute Gasteiger partial charge is 0.439 e. The molecule has 0 bridgehead atoms. The van der Waals surface area contributed by atoms with Crippen molar-refractivity contribution in [3.8, 4) is 28.3 Å². The minimum absolute atomic E-state index is 0.0360. The van der Waals surface area contributed by atoms with Crippen molar-refractivity contribution in [2.45, 2.75) is 0 Å². The van der Waals surface area contributed by atoms with Gasteiger partial charge in [-0.25, -0.2) is 0 Å². The fraction of sp³-hybridized carbons (Fsp3) is 0. The van der Waals surface area contributed by atoms with Crippen molar-refractivity contribution in [3.05, 3.63) is 114 Å². The van der Waals surface area contributed by atoms with Crippen LogP contribution in [-0.4, -0.2) is 10.4 Å². The van der Waals surface area contributed by atoms with Gasteiger partial charge in [0.1, 0.15) is 5.76 Å². The minimum atomic E-state index is 0.0360. The van der Waals surface area contributed by atoms with Crippen LogP contribution >= 0.6 is 11.3 Å². The van der Waals surface area contributed by atoms with E-state index >= 15 is 0 Å². The number of furan rings is 1. The lowest BCUT2D eigenvalue weighted by molar-refractivity contribution is 0.104. The van der Waals surface area contributed by atoms with E-state index in [9.17, 15) is 4.79 Å². The molecule has 9 rings (SSSR count). The zero-order valence-corrected chi connectivity index (χ0v) is 20.3. The molecule has 3 aromatic heterocycles. The number of hydrogen-bond donors (Lipinski definition) is 0. The van der Waals surface area contributed by atoms with Crippen LogP contribution in [0.15, 0.2) is 108 Å². The van der Waals surface area contributed by atoms with Crippen molar-refractivity contribution in [2.75, 3.05) is 0 Å². The molecule has 6 aromatic rings. The molecular weight excluding hydrogens is 474 g/mol. The normalized spacial score (nSPS) is 12.9. The van der Waals surface area contributed by atoms with Crippen molar-refractivity contribution in [2.24, 2.45) is 0 Å². The SMILES string of the molecule is O=C1c2cc(-n3c4ccccc4c4c5sc6ccccc6c5ccc43)oc2-c2cc3cccccc-3c21. The average Bonchev–Trinajstić information content (AvgIpc) is 3.68. The number of nitrogens with zero attached hydrogens (tertiary/aromatic N) is 1. The van der Waals surface area contributed by atoms with Gasteiger partial charge in [-0.05, 0) is 35.4 Å². The maximum absolute atomic E-state index is 13.6. The fourth-order valence-electron chi connectivity index (χ4n) is 6.18. The second-order valence-corrected chi connectivity index (χ2v) is 10.7. The number of thiophene rings is 1. The summed E-state index contributed by atoms with van der Waals surface area (Å²) in [7, 11) is 0. The summed E-state index contributed by atoms with van der Waals surface area (Å²) in [5.41, 5.74) is 6.46. The molecule has 0 aliphatic heterocycles. The van der Waals surface area contributed by atoms with Crippen LogP contribution in [0.2, 0.25) is 0 Å². The van der Waals surface area contributed by atoms with Gasteiger partial charge in [-0.15, -0.1) is 11.3 Å². The van der Waals surface area contributed by atoms with Crippen LogP contribution < -0.4 is 0 Å². The Morgan fingerprint density at radius 1 is 0.649 bits per heavy atom. The molecule has 0 N–H and O–H groups in total. The van der Waals surface area contributed by atoms with Gasteiger partial charge in [0.15, 0.2) is 5.78 Å². The van der Waals surface area contributed by atoms with Crippen molar-refractivity contribution in [1.29, 1.82) is 0 Å². The van der Waals surface area contributed by atoms with Gasteiger partial charge >= 0.3 is 0 Å². The summed E-state index contributed by atoms with van der Waals surface area (Å²) in [6.07, 6.45) is 0. The Balaban J connectivity index is 1.36. The molecule has 0 amide bonds. The highest BCUT2D eigenvalue weighted by Gasteiger charge is 2.36. The molecule has 0 fully saturated rings. The highest BCUT2D eigenvalue weighted by atomic mass is 32.1. The van der Waals surface area contributed by atoms with E-state index < -0.39 is 0 Å². The number of aromatic nitrogens is 1. The van der Waals surface area contributed by atoms with E-state index in [1.807, 2.05) is 47.7 Å². The van der Waals surface area contributed by atoms with Crippen molar-refractivity contribution in [3.63, 3.8) is 0 Å². The van der Waals surface area contributed by atoms with Crippen molar-refractivity contribution >= 4 is 59.1 Å². The van der Waals surface area contributed by atoms with Gasteiger partial charge in [-0.2, -0.15) is 0 Å². The number of ketones is 1. The smallest absolute Gasteiger partial charge is 0.205 e. The summed E-state index contributed by atoms with van der Waals surface area (Å²) in [4.78, 5) is 13.6. The van der Waals surface area contributed by atoms with Crippen molar-refractivity contribution < 1.29 is 9.21 Å². The second-order valence-electron chi connectivity index (χ2n) is 9.66. The number of rotatable bonds is 1. The monoisotopic (exact) mass is 491 g/mol. The van der Waals surface area contributed by atoms with Crippen LogP contribution in [0.1, 0.15) is 15.9 Å². The Morgan fingerprint density at radius 3 is 2.41 bits per heavy atom. The Hall–Kier alpha value is -4.67. The molecule has 3 aliphatic carbocycles. The topological polar surface area (TPSA) is 35.1 Å². The number of benzene rings is 3. The van der Waals surface area contributed by atoms with E-state index in [2.05, 4.69) is 71.3 Å². The predicted molar refractivity (Wildman–Crippen MR) is 151 cm³/mol. The third-order valence-corrected chi connectivity index (χ3v) is 8.95. The number of carbonyl (C=O) groups is 1. The maximum Gasteiger partial charge on any atom is 0.205 e. The van der Waals surface area contributed by atoms with E-state index in [4.69, 9.17) is 4.42 Å². The third kappa shape index (κ3) is 2.38. The molecule has 0 saturated carbocycles. The van der Waals surface area contributed by atoms with Crippen LogP contribution in [0.5, 0.6) is 0 Å². The Bertz CT molecular complexity index is 2220. The van der Waals surface area contributed by atoms with E-state index in [0.717, 1.165) is 33.3 Å². The van der Waals surface area contributed by atoms with Crippen molar-refractivity contribution in [1.82, 2.24) is 4.57 Å². The molecule has 0 radical (unpaired) electrons. The van der Waals surface area contributed by atoms with E-state index in [-0.39, 0.29) is 5.78 Å². The fourth-order valence-corrected chi connectivity index (χ4v) is 7.43. The van der Waals surface area contributed by atoms with Crippen LogP contribution in [0, 0.1) is 0 Å². The number of carbonyl (C=O) groups excluding carboxylic acids is 1. The van der Waals surface area contributed by atoms with Gasteiger partial charge in [0, 0.05) is 48.1 Å². The molecule has 0 spiro atoms. The zero-order valence-electron chi connectivity index (χ0n) is 19.5. The quantitative estimate of drug-likeness (QED) is 0.230. The highest BCUT2D eigenvalue weighted by molar-refractivity contribution is 7.26. The third-order valence-electron chi connectivity index (χ3n) is 7.75. The molecule has 172 valence electrons. The second kappa shape index (κ2) is 6.75. The Kier molecular flexibility index (Phi) is 3.56. The van der Waals surface area contributed by atoms with E-state index in [1.54, 1.807) is 0 Å². The molecule has 3 heterocycles. The summed E-state index contributed by atoms with van der Waals surface area (Å²) in [6, 6.07) is 35.5. The first-order valence-electron chi connectivity index (χ1n) is 12.3. The predicted octanol–water partition coefficient (Wildman–Crippen LogP) is 9.06. The number of para-hydroxylation sites is 1. The van der Waals surface area contributed by atoms with Crippen LogP contribution in [0.4, 0.5) is 0 Å². The summed E-state index contributed by atoms with van der Waals surface area (Å²) < 4.78 is 11.3. The minimum Gasteiger partial charge on any atom is -0.439 e. The maximum atomic E-state index is 13.6. The first-order valence-corrected chi connectivity index (χ1v) is 13.1. The number of fused-ring (bicyclic) bond motifs is 12. The molecule has 37 heavy (non-hydrogen) atoms. The van der Waals surface area contributed by atoms with Gasteiger partial charge in [0.05, 0.1) is 16.6 Å². The molecule has 4 heteroatoms. The van der Waals surface area contributed by atoms with Crippen LogP contribution in [0.25, 0.3) is 70.3 Å². The first kappa shape index (κ1) is 19.5. The molecule has 0 saturated heterocycles. The zero-order chi connectivity index (χ0) is 24.2. The van der Waals surface area contributed by atoms with Gasteiger partial charge < -0.3 is 4.42 Å². The lowest BCUT2D eigenvalue weighted by Crippen LogP contribution is -1.96. The summed E-state index contributed by atoms with van der Waals surface area (Å²) >= 11 is 1.83. The summed E-state index contributed by atoms with van der Waals surface area (Å²) in [5, 5.41) is 4.97.